The Morgan fingerprint density at radius 2 is 1.82 bits per heavy atom. The first kappa shape index (κ1) is 18.9. The van der Waals surface area contributed by atoms with E-state index in [2.05, 4.69) is 16.0 Å². The summed E-state index contributed by atoms with van der Waals surface area (Å²) in [7, 11) is 0. The van der Waals surface area contributed by atoms with Crippen LogP contribution < -0.4 is 10.9 Å². The maximum absolute atomic E-state index is 12.7. The Morgan fingerprint density at radius 1 is 1.11 bits per heavy atom. The smallest absolute Gasteiger partial charge is 0.298 e. The van der Waals surface area contributed by atoms with Gasteiger partial charge in [-0.1, -0.05) is 6.07 Å². The van der Waals surface area contributed by atoms with Crippen molar-refractivity contribution in [3.8, 4) is 5.69 Å². The summed E-state index contributed by atoms with van der Waals surface area (Å²) in [4.78, 5) is 22.3. The number of benzene rings is 2. The van der Waals surface area contributed by atoms with Crippen molar-refractivity contribution in [1.82, 2.24) is 15.2 Å². The van der Waals surface area contributed by atoms with Gasteiger partial charge in [0.25, 0.3) is 11.6 Å². The fourth-order valence-corrected chi connectivity index (χ4v) is 2.28. The van der Waals surface area contributed by atoms with Crippen LogP contribution in [0.1, 0.15) is 16.1 Å². The van der Waals surface area contributed by atoms with Crippen molar-refractivity contribution >= 4 is 17.3 Å². The van der Waals surface area contributed by atoms with Crippen molar-refractivity contribution in [2.75, 3.05) is 5.43 Å². The van der Waals surface area contributed by atoms with Gasteiger partial charge in [0.15, 0.2) is 5.69 Å². The van der Waals surface area contributed by atoms with E-state index in [9.17, 15) is 28.1 Å². The zero-order valence-electron chi connectivity index (χ0n) is 14.0. The molecule has 2 N–H and O–H groups in total. The Kier molecular flexibility index (Phi) is 4.98. The van der Waals surface area contributed by atoms with E-state index in [0.717, 1.165) is 12.1 Å². The second kappa shape index (κ2) is 7.39. The number of hydrogen-bond donors (Lipinski definition) is 2. The van der Waals surface area contributed by atoms with Crippen LogP contribution in [-0.4, -0.2) is 20.6 Å². The monoisotopic (exact) mass is 391 g/mol. The highest BCUT2D eigenvalue weighted by atomic mass is 19.4. The predicted octanol–water partition coefficient (Wildman–Crippen LogP) is 3.56. The molecule has 28 heavy (non-hydrogen) atoms. The van der Waals surface area contributed by atoms with E-state index in [1.165, 1.54) is 53.3 Å². The van der Waals surface area contributed by atoms with Crippen molar-refractivity contribution in [3.63, 3.8) is 0 Å². The highest BCUT2D eigenvalue weighted by Crippen LogP contribution is 2.30. The van der Waals surface area contributed by atoms with Crippen molar-refractivity contribution < 1.29 is 22.9 Å². The number of nitro benzene ring substituents is 1. The van der Waals surface area contributed by atoms with Gasteiger partial charge in [-0.05, 0) is 36.4 Å². The Hall–Kier alpha value is -3.89. The van der Waals surface area contributed by atoms with Gasteiger partial charge < -0.3 is 0 Å². The van der Waals surface area contributed by atoms with Crippen LogP contribution in [0, 0.1) is 10.1 Å². The number of hydrazine groups is 1. The fourth-order valence-electron chi connectivity index (χ4n) is 2.28. The van der Waals surface area contributed by atoms with E-state index in [-0.39, 0.29) is 17.1 Å². The summed E-state index contributed by atoms with van der Waals surface area (Å²) in [6.07, 6.45) is -3.02. The number of carbonyl (C=O) groups excluding carboxylic acids is 1. The zero-order valence-corrected chi connectivity index (χ0v) is 14.0. The minimum Gasteiger partial charge on any atom is -0.298 e. The summed E-state index contributed by atoms with van der Waals surface area (Å²) in [6.45, 7) is 0. The molecule has 0 fully saturated rings. The lowest BCUT2D eigenvalue weighted by Crippen LogP contribution is -2.29. The summed E-state index contributed by atoms with van der Waals surface area (Å²) < 4.78 is 39.4. The van der Waals surface area contributed by atoms with Gasteiger partial charge in [-0.15, -0.1) is 0 Å². The number of anilines is 1. The largest absolute Gasteiger partial charge is 0.416 e. The van der Waals surface area contributed by atoms with Crippen molar-refractivity contribution in [2.24, 2.45) is 0 Å². The number of nitro groups is 1. The van der Waals surface area contributed by atoms with E-state index in [0.29, 0.717) is 5.69 Å². The van der Waals surface area contributed by atoms with Crippen LogP contribution in [-0.2, 0) is 6.18 Å². The molecule has 0 radical (unpaired) electrons. The maximum Gasteiger partial charge on any atom is 0.416 e. The molecule has 0 saturated carbocycles. The van der Waals surface area contributed by atoms with Crippen LogP contribution in [0.15, 0.2) is 60.8 Å². The molecule has 0 atom stereocenters. The topological polar surface area (TPSA) is 102 Å². The molecule has 144 valence electrons. The number of alkyl halides is 3. The molecule has 0 aliphatic heterocycles. The molecule has 0 unspecified atom stereocenters. The average molecular weight is 391 g/mol. The maximum atomic E-state index is 12.7. The molecule has 0 saturated heterocycles. The van der Waals surface area contributed by atoms with Gasteiger partial charge in [-0.2, -0.15) is 18.3 Å². The van der Waals surface area contributed by atoms with Gasteiger partial charge in [0, 0.05) is 18.3 Å². The third-order valence-corrected chi connectivity index (χ3v) is 3.66. The second-order valence-corrected chi connectivity index (χ2v) is 5.58. The molecule has 2 aromatic carbocycles. The van der Waals surface area contributed by atoms with Crippen LogP contribution in [0.3, 0.4) is 0 Å². The highest BCUT2D eigenvalue weighted by Gasteiger charge is 2.30. The van der Waals surface area contributed by atoms with Crippen LogP contribution in [0.2, 0.25) is 0 Å². The molecule has 8 nitrogen and oxygen atoms in total. The van der Waals surface area contributed by atoms with E-state index in [1.54, 1.807) is 0 Å². The summed E-state index contributed by atoms with van der Waals surface area (Å²) >= 11 is 0. The molecule has 0 aliphatic carbocycles. The number of non-ortho nitro benzene ring substituents is 1. The minimum absolute atomic E-state index is 0.00201. The molecule has 3 aromatic rings. The normalized spacial score (nSPS) is 11.1. The number of amides is 1. The lowest BCUT2D eigenvalue weighted by Gasteiger charge is -2.10. The third-order valence-electron chi connectivity index (χ3n) is 3.66. The van der Waals surface area contributed by atoms with Gasteiger partial charge in [0.1, 0.15) is 0 Å². The number of aromatic nitrogens is 2. The standard InChI is InChI=1S/C17H12F3N5O3/c18-17(19,20)11-2-1-3-12(10-11)21-22-16(26)15-8-9-24(23-15)13-4-6-14(7-5-13)25(27)28/h1-10,21H,(H,22,26). The average Bonchev–Trinajstić information content (AvgIpc) is 3.16. The molecular formula is C17H12F3N5O3. The zero-order chi connectivity index (χ0) is 20.3. The van der Waals surface area contributed by atoms with Gasteiger partial charge >= 0.3 is 6.18 Å². The molecule has 1 heterocycles. The van der Waals surface area contributed by atoms with Gasteiger partial charge in [-0.3, -0.25) is 25.8 Å². The molecule has 1 aromatic heterocycles. The SMILES string of the molecule is O=C(NNc1cccc(C(F)(F)F)c1)c1ccn(-c2ccc([N+](=O)[O-])cc2)n1. The van der Waals surface area contributed by atoms with Crippen molar-refractivity contribution in [3.05, 3.63) is 82.2 Å². The van der Waals surface area contributed by atoms with E-state index in [4.69, 9.17) is 0 Å². The van der Waals surface area contributed by atoms with Crippen molar-refractivity contribution in [2.45, 2.75) is 6.18 Å². The lowest BCUT2D eigenvalue weighted by atomic mass is 10.2. The van der Waals surface area contributed by atoms with Gasteiger partial charge in [-0.25, -0.2) is 4.68 Å². The van der Waals surface area contributed by atoms with Crippen molar-refractivity contribution in [1.29, 1.82) is 0 Å². The quantitative estimate of drug-likeness (QED) is 0.512. The fraction of sp³-hybridized carbons (Fsp3) is 0.0588. The summed E-state index contributed by atoms with van der Waals surface area (Å²) in [5.74, 6) is -0.668. The third kappa shape index (κ3) is 4.26. The first-order valence-electron chi connectivity index (χ1n) is 7.78. The Morgan fingerprint density at radius 3 is 2.46 bits per heavy atom. The Balaban J connectivity index is 1.67. The summed E-state index contributed by atoms with van der Waals surface area (Å²) in [6, 6.07) is 11.3. The number of nitrogens with one attached hydrogen (secondary N) is 2. The highest BCUT2D eigenvalue weighted by molar-refractivity contribution is 5.92. The molecule has 0 bridgehead atoms. The van der Waals surface area contributed by atoms with E-state index >= 15 is 0 Å². The van der Waals surface area contributed by atoms with Crippen LogP contribution in [0.25, 0.3) is 5.69 Å². The molecule has 0 spiro atoms. The summed E-state index contributed by atoms with van der Waals surface area (Å²) in [5, 5.41) is 14.7. The Labute approximate surface area is 155 Å². The molecule has 1 amide bonds. The van der Waals surface area contributed by atoms with E-state index in [1.807, 2.05) is 0 Å². The number of nitrogens with zero attached hydrogens (tertiary/aromatic N) is 3. The Bertz CT molecular complexity index is 1020. The van der Waals surface area contributed by atoms with Crippen LogP contribution in [0.4, 0.5) is 24.5 Å². The number of carbonyl (C=O) groups is 1. The number of hydrogen-bond acceptors (Lipinski definition) is 5. The predicted molar refractivity (Wildman–Crippen MR) is 92.8 cm³/mol. The van der Waals surface area contributed by atoms with Gasteiger partial charge in [0.05, 0.1) is 21.9 Å². The molecule has 0 aliphatic rings. The first-order valence-corrected chi connectivity index (χ1v) is 7.78. The van der Waals surface area contributed by atoms with Crippen LogP contribution >= 0.6 is 0 Å². The van der Waals surface area contributed by atoms with Crippen LogP contribution in [0.5, 0.6) is 0 Å². The molecular weight excluding hydrogens is 379 g/mol. The molecule has 11 heteroatoms. The minimum atomic E-state index is -4.49. The van der Waals surface area contributed by atoms with E-state index < -0.39 is 22.6 Å². The molecule has 3 rings (SSSR count). The van der Waals surface area contributed by atoms with Gasteiger partial charge in [0.2, 0.25) is 0 Å². The second-order valence-electron chi connectivity index (χ2n) is 5.58. The lowest BCUT2D eigenvalue weighted by molar-refractivity contribution is -0.384. The number of halogens is 3. The summed E-state index contributed by atoms with van der Waals surface area (Å²) in [5.41, 5.74) is 4.27. The first-order chi connectivity index (χ1) is 13.2. The number of rotatable bonds is 5.